The van der Waals surface area contributed by atoms with Crippen molar-refractivity contribution in [2.45, 2.75) is 5.92 Å². The Kier molecular flexibility index (Phi) is 2.35. The second kappa shape index (κ2) is 4.17. The molecule has 2 heterocycles. The minimum atomic E-state index is -0.0858. The Labute approximate surface area is 110 Å². The quantitative estimate of drug-likeness (QED) is 0.734. The summed E-state index contributed by atoms with van der Waals surface area (Å²) in [6.07, 6.45) is 0.539. The van der Waals surface area contributed by atoms with E-state index in [1.807, 2.05) is 48.5 Å². The second-order valence-electron chi connectivity index (χ2n) is 4.43. The molecule has 1 radical (unpaired) electrons. The van der Waals surface area contributed by atoms with Crippen LogP contribution in [0, 0.1) is 6.29 Å². The first-order valence-electron chi connectivity index (χ1n) is 6.12. The van der Waals surface area contributed by atoms with Crippen LogP contribution in [0.15, 0.2) is 48.5 Å². The van der Waals surface area contributed by atoms with Gasteiger partial charge in [0.25, 0.3) is 0 Å². The van der Waals surface area contributed by atoms with E-state index in [1.165, 1.54) is 0 Å². The van der Waals surface area contributed by atoms with Gasteiger partial charge in [-0.3, -0.25) is 0 Å². The van der Waals surface area contributed by atoms with Gasteiger partial charge in [0.05, 0.1) is 0 Å². The number of hydrogen-bond donors (Lipinski definition) is 0. The molecule has 1 unspecified atom stereocenters. The number of rotatable bonds is 1. The van der Waals surface area contributed by atoms with Crippen molar-refractivity contribution in [3.63, 3.8) is 0 Å². The first-order chi connectivity index (χ1) is 9.42. The molecule has 1 atom stereocenters. The van der Waals surface area contributed by atoms with Crippen LogP contribution in [0.3, 0.4) is 0 Å². The minimum absolute atomic E-state index is 0.0858. The summed E-state index contributed by atoms with van der Waals surface area (Å²) < 4.78 is 11.5. The molecular weight excluding hydrogens is 244 g/mol. The standard InChI is InChI=1S/C15H11O4/c1-2-6-12-10(5-1)11(9-16-19-12)15-17-13-7-3-4-8-14(13)18-15/h1-8,11H,9H2. The Morgan fingerprint density at radius 2 is 1.42 bits per heavy atom. The molecule has 19 heavy (non-hydrogen) atoms. The van der Waals surface area contributed by atoms with Gasteiger partial charge in [-0.25, -0.2) is 0 Å². The average Bonchev–Trinajstić information content (AvgIpc) is 2.90. The maximum atomic E-state index is 5.76. The summed E-state index contributed by atoms with van der Waals surface area (Å²) in [5.74, 6) is 2.09. The summed E-state index contributed by atoms with van der Waals surface area (Å²) in [4.78, 5) is 10.3. The number of fused-ring (bicyclic) bond motifs is 2. The molecular formula is C15H11O4. The van der Waals surface area contributed by atoms with Crippen LogP contribution in [0.4, 0.5) is 0 Å². The van der Waals surface area contributed by atoms with E-state index in [4.69, 9.17) is 19.2 Å². The molecule has 0 spiro atoms. The molecule has 0 aliphatic carbocycles. The fourth-order valence-electron chi connectivity index (χ4n) is 2.29. The molecule has 4 rings (SSSR count). The van der Waals surface area contributed by atoms with Crippen molar-refractivity contribution < 1.29 is 19.2 Å². The molecule has 95 valence electrons. The number of ether oxygens (including phenoxy) is 2. The average molecular weight is 255 g/mol. The van der Waals surface area contributed by atoms with Crippen molar-refractivity contribution in [3.05, 3.63) is 60.4 Å². The molecule has 2 aromatic carbocycles. The van der Waals surface area contributed by atoms with Crippen LogP contribution in [-0.2, 0) is 4.89 Å². The third-order valence-electron chi connectivity index (χ3n) is 3.23. The van der Waals surface area contributed by atoms with Gasteiger partial charge in [0.2, 0.25) is 0 Å². The van der Waals surface area contributed by atoms with Crippen molar-refractivity contribution in [2.75, 3.05) is 6.61 Å². The highest BCUT2D eigenvalue weighted by Crippen LogP contribution is 2.45. The lowest BCUT2D eigenvalue weighted by molar-refractivity contribution is -0.225. The van der Waals surface area contributed by atoms with Crippen molar-refractivity contribution >= 4 is 0 Å². The van der Waals surface area contributed by atoms with Gasteiger partial charge in [-0.2, -0.15) is 4.89 Å². The summed E-state index contributed by atoms with van der Waals surface area (Å²) in [6, 6.07) is 15.3. The zero-order valence-corrected chi connectivity index (χ0v) is 10.0. The van der Waals surface area contributed by atoms with Gasteiger partial charge in [-0.1, -0.05) is 30.3 Å². The molecule has 2 aromatic rings. The third kappa shape index (κ3) is 1.72. The van der Waals surface area contributed by atoms with E-state index in [2.05, 4.69) is 0 Å². The van der Waals surface area contributed by atoms with Crippen molar-refractivity contribution in [1.82, 2.24) is 0 Å². The Bertz CT molecular complexity index is 586. The predicted molar refractivity (Wildman–Crippen MR) is 66.7 cm³/mol. The van der Waals surface area contributed by atoms with E-state index in [9.17, 15) is 0 Å². The maximum absolute atomic E-state index is 5.76. The molecule has 4 nitrogen and oxygen atoms in total. The lowest BCUT2D eigenvalue weighted by Crippen LogP contribution is -2.27. The number of para-hydroxylation sites is 3. The van der Waals surface area contributed by atoms with E-state index in [1.54, 1.807) is 0 Å². The summed E-state index contributed by atoms with van der Waals surface area (Å²) in [5, 5.41) is 0. The smallest absolute Gasteiger partial charge is 0.340 e. The topological polar surface area (TPSA) is 36.9 Å². The summed E-state index contributed by atoms with van der Waals surface area (Å²) in [7, 11) is 0. The fraction of sp³-hybridized carbons (Fsp3) is 0.133. The first kappa shape index (κ1) is 10.7. The zero-order valence-electron chi connectivity index (χ0n) is 10.0. The van der Waals surface area contributed by atoms with Crippen LogP contribution in [0.1, 0.15) is 11.5 Å². The minimum Gasteiger partial charge on any atom is -0.441 e. The Hall–Kier alpha value is -2.20. The van der Waals surface area contributed by atoms with Crippen LogP contribution in [0.5, 0.6) is 17.2 Å². The molecule has 0 aromatic heterocycles. The van der Waals surface area contributed by atoms with Gasteiger partial charge in [-0.05, 0) is 18.2 Å². The molecule has 4 heteroatoms. The van der Waals surface area contributed by atoms with Gasteiger partial charge in [0.15, 0.2) is 17.2 Å². The van der Waals surface area contributed by atoms with Crippen LogP contribution < -0.4 is 14.4 Å². The monoisotopic (exact) mass is 255 g/mol. The maximum Gasteiger partial charge on any atom is 0.340 e. The molecule has 2 aliphatic heterocycles. The zero-order chi connectivity index (χ0) is 12.7. The third-order valence-corrected chi connectivity index (χ3v) is 3.23. The fourth-order valence-corrected chi connectivity index (χ4v) is 2.29. The number of hydrogen-bond acceptors (Lipinski definition) is 4. The van der Waals surface area contributed by atoms with E-state index >= 15 is 0 Å². The van der Waals surface area contributed by atoms with Gasteiger partial charge in [0.1, 0.15) is 12.5 Å². The summed E-state index contributed by atoms with van der Waals surface area (Å²) >= 11 is 0. The van der Waals surface area contributed by atoms with Crippen LogP contribution in [-0.4, -0.2) is 6.61 Å². The van der Waals surface area contributed by atoms with Crippen molar-refractivity contribution in [3.8, 4) is 17.2 Å². The predicted octanol–water partition coefficient (Wildman–Crippen LogP) is 3.06. The van der Waals surface area contributed by atoms with Crippen LogP contribution in [0.25, 0.3) is 0 Å². The molecule has 0 amide bonds. The Balaban J connectivity index is 1.66. The van der Waals surface area contributed by atoms with Gasteiger partial charge in [0, 0.05) is 5.56 Å². The normalized spacial score (nSPS) is 20.7. The van der Waals surface area contributed by atoms with E-state index in [0.29, 0.717) is 18.6 Å². The second-order valence-corrected chi connectivity index (χ2v) is 4.43. The molecule has 0 N–H and O–H groups in total. The molecule has 0 bridgehead atoms. The summed E-state index contributed by atoms with van der Waals surface area (Å²) in [5.41, 5.74) is 1.01. The first-order valence-corrected chi connectivity index (χ1v) is 6.12. The molecule has 0 saturated heterocycles. The lowest BCUT2D eigenvalue weighted by atomic mass is 9.98. The highest BCUT2D eigenvalue weighted by Gasteiger charge is 2.39. The van der Waals surface area contributed by atoms with E-state index < -0.39 is 0 Å². The van der Waals surface area contributed by atoms with Gasteiger partial charge in [-0.15, -0.1) is 0 Å². The Morgan fingerprint density at radius 3 is 2.16 bits per heavy atom. The highest BCUT2D eigenvalue weighted by atomic mass is 17.2. The SMILES string of the molecule is c1ccc2c(c1)O[C](C1COOc3ccccc31)O2. The number of benzene rings is 2. The van der Waals surface area contributed by atoms with E-state index in [0.717, 1.165) is 17.1 Å². The molecule has 2 aliphatic rings. The Morgan fingerprint density at radius 1 is 0.789 bits per heavy atom. The largest absolute Gasteiger partial charge is 0.441 e. The molecule has 0 fully saturated rings. The van der Waals surface area contributed by atoms with Crippen LogP contribution in [0.2, 0.25) is 0 Å². The van der Waals surface area contributed by atoms with Gasteiger partial charge < -0.3 is 14.4 Å². The van der Waals surface area contributed by atoms with Crippen molar-refractivity contribution in [2.24, 2.45) is 0 Å². The molecule has 0 saturated carbocycles. The van der Waals surface area contributed by atoms with Gasteiger partial charge >= 0.3 is 6.29 Å². The van der Waals surface area contributed by atoms with E-state index in [-0.39, 0.29) is 5.92 Å². The van der Waals surface area contributed by atoms with Crippen LogP contribution >= 0.6 is 0 Å². The lowest BCUT2D eigenvalue weighted by Gasteiger charge is -2.25. The highest BCUT2D eigenvalue weighted by molar-refractivity contribution is 5.46. The summed E-state index contributed by atoms with van der Waals surface area (Å²) in [6.45, 7) is 0.375. The van der Waals surface area contributed by atoms with Crippen molar-refractivity contribution in [1.29, 1.82) is 0 Å².